The first-order chi connectivity index (χ1) is 6.70. The quantitative estimate of drug-likeness (QED) is 0.719. The maximum Gasteiger partial charge on any atom is 0.251 e. The van der Waals surface area contributed by atoms with Crippen molar-refractivity contribution in [1.82, 2.24) is 4.90 Å². The lowest BCUT2D eigenvalue weighted by molar-refractivity contribution is -0.145. The van der Waals surface area contributed by atoms with Gasteiger partial charge in [0.1, 0.15) is 6.10 Å². The van der Waals surface area contributed by atoms with Crippen LogP contribution in [0.4, 0.5) is 0 Å². The van der Waals surface area contributed by atoms with E-state index < -0.39 is 6.10 Å². The molecule has 1 N–H and O–H groups in total. The van der Waals surface area contributed by atoms with Gasteiger partial charge in [-0.25, -0.2) is 0 Å². The highest BCUT2D eigenvalue weighted by Crippen LogP contribution is 2.17. The molecule has 0 aromatic carbocycles. The molecule has 1 heterocycles. The number of aliphatic hydroxyl groups is 1. The second kappa shape index (κ2) is 5.32. The van der Waals surface area contributed by atoms with Crippen molar-refractivity contribution in [3.8, 4) is 0 Å². The smallest absolute Gasteiger partial charge is 0.251 e. The van der Waals surface area contributed by atoms with Crippen LogP contribution in [0.15, 0.2) is 0 Å². The number of piperidine rings is 1. The zero-order valence-electron chi connectivity index (χ0n) is 8.90. The monoisotopic (exact) mass is 201 g/mol. The average Bonchev–Trinajstić information content (AvgIpc) is 2.26. The minimum Gasteiger partial charge on any atom is -0.394 e. The van der Waals surface area contributed by atoms with E-state index in [4.69, 9.17) is 9.84 Å². The summed E-state index contributed by atoms with van der Waals surface area (Å²) in [4.78, 5) is 13.5. The van der Waals surface area contributed by atoms with Gasteiger partial charge in [-0.05, 0) is 26.2 Å². The van der Waals surface area contributed by atoms with Crippen LogP contribution in [-0.2, 0) is 9.53 Å². The third-order valence-electron chi connectivity index (χ3n) is 2.82. The molecule has 4 heteroatoms. The fourth-order valence-corrected chi connectivity index (χ4v) is 1.81. The summed E-state index contributed by atoms with van der Waals surface area (Å²) in [6.07, 6.45) is 2.62. The van der Waals surface area contributed by atoms with Crippen molar-refractivity contribution < 1.29 is 14.6 Å². The summed E-state index contributed by atoms with van der Waals surface area (Å²) in [6, 6.07) is -0.00569. The Balaban J connectivity index is 2.58. The third-order valence-corrected chi connectivity index (χ3v) is 2.82. The molecule has 0 bridgehead atoms. The molecule has 1 amide bonds. The normalized spacial score (nSPS) is 24.8. The lowest BCUT2D eigenvalue weighted by Crippen LogP contribution is -2.49. The largest absolute Gasteiger partial charge is 0.394 e. The van der Waals surface area contributed by atoms with Gasteiger partial charge in [0.15, 0.2) is 0 Å². The summed E-state index contributed by atoms with van der Waals surface area (Å²) in [6.45, 7) is 2.55. The van der Waals surface area contributed by atoms with E-state index in [0.29, 0.717) is 0 Å². The lowest BCUT2D eigenvalue weighted by Gasteiger charge is -2.35. The SMILES string of the molecule is COC(C)C(=O)N1CCCCC1CO. The number of carbonyl (C=O) groups excluding carboxylic acids is 1. The van der Waals surface area contributed by atoms with Gasteiger partial charge in [0.2, 0.25) is 0 Å². The number of aliphatic hydroxyl groups excluding tert-OH is 1. The summed E-state index contributed by atoms with van der Waals surface area (Å²) < 4.78 is 4.99. The molecule has 1 aliphatic heterocycles. The predicted octanol–water partition coefficient (Wildman–Crippen LogP) is 0.395. The van der Waals surface area contributed by atoms with Crippen molar-refractivity contribution in [2.75, 3.05) is 20.3 Å². The van der Waals surface area contributed by atoms with E-state index in [-0.39, 0.29) is 18.6 Å². The van der Waals surface area contributed by atoms with Crippen LogP contribution < -0.4 is 0 Å². The van der Waals surface area contributed by atoms with Crippen LogP contribution in [0.5, 0.6) is 0 Å². The number of hydrogen-bond donors (Lipinski definition) is 1. The maximum absolute atomic E-state index is 11.8. The summed E-state index contributed by atoms with van der Waals surface area (Å²) >= 11 is 0. The van der Waals surface area contributed by atoms with Gasteiger partial charge in [0, 0.05) is 13.7 Å². The van der Waals surface area contributed by atoms with Crippen LogP contribution in [0.25, 0.3) is 0 Å². The number of likely N-dealkylation sites (tertiary alicyclic amines) is 1. The molecule has 1 rings (SSSR count). The molecular weight excluding hydrogens is 182 g/mol. The summed E-state index contributed by atoms with van der Waals surface area (Å²) in [5, 5.41) is 9.13. The summed E-state index contributed by atoms with van der Waals surface area (Å²) in [5.74, 6) is -0.00810. The Bertz CT molecular complexity index is 196. The Hall–Kier alpha value is -0.610. The highest BCUT2D eigenvalue weighted by molar-refractivity contribution is 5.80. The summed E-state index contributed by atoms with van der Waals surface area (Å²) in [5.41, 5.74) is 0. The fraction of sp³-hybridized carbons (Fsp3) is 0.900. The fourth-order valence-electron chi connectivity index (χ4n) is 1.81. The van der Waals surface area contributed by atoms with Crippen LogP contribution in [-0.4, -0.2) is 48.3 Å². The van der Waals surface area contributed by atoms with Crippen molar-refractivity contribution in [3.05, 3.63) is 0 Å². The molecule has 14 heavy (non-hydrogen) atoms. The van der Waals surface area contributed by atoms with Crippen molar-refractivity contribution in [2.24, 2.45) is 0 Å². The third kappa shape index (κ3) is 2.45. The van der Waals surface area contributed by atoms with E-state index in [1.165, 1.54) is 7.11 Å². The van der Waals surface area contributed by atoms with Gasteiger partial charge < -0.3 is 14.7 Å². The molecule has 4 nitrogen and oxygen atoms in total. The number of carbonyl (C=O) groups is 1. The molecule has 0 aliphatic carbocycles. The molecule has 0 radical (unpaired) electrons. The first-order valence-corrected chi connectivity index (χ1v) is 5.14. The van der Waals surface area contributed by atoms with E-state index in [2.05, 4.69) is 0 Å². The lowest BCUT2D eigenvalue weighted by atomic mass is 10.0. The Kier molecular flexibility index (Phi) is 4.35. The van der Waals surface area contributed by atoms with E-state index in [0.717, 1.165) is 25.8 Å². The number of hydrogen-bond acceptors (Lipinski definition) is 3. The van der Waals surface area contributed by atoms with E-state index in [1.54, 1.807) is 11.8 Å². The van der Waals surface area contributed by atoms with Crippen LogP contribution in [0, 0.1) is 0 Å². The standard InChI is InChI=1S/C10H19NO3/c1-8(14-2)10(13)11-6-4-3-5-9(11)7-12/h8-9,12H,3-7H2,1-2H3. The van der Waals surface area contributed by atoms with Crippen LogP contribution >= 0.6 is 0 Å². The van der Waals surface area contributed by atoms with Gasteiger partial charge in [-0.3, -0.25) is 4.79 Å². The Morgan fingerprint density at radius 3 is 2.93 bits per heavy atom. The molecule has 1 aliphatic rings. The molecule has 2 unspecified atom stereocenters. The Morgan fingerprint density at radius 1 is 1.64 bits per heavy atom. The highest BCUT2D eigenvalue weighted by atomic mass is 16.5. The topological polar surface area (TPSA) is 49.8 Å². The highest BCUT2D eigenvalue weighted by Gasteiger charge is 2.28. The molecule has 0 aromatic rings. The van der Waals surface area contributed by atoms with Crippen LogP contribution in [0.3, 0.4) is 0 Å². The van der Waals surface area contributed by atoms with Crippen molar-refractivity contribution >= 4 is 5.91 Å². The van der Waals surface area contributed by atoms with Gasteiger partial charge in [0.25, 0.3) is 5.91 Å². The van der Waals surface area contributed by atoms with Gasteiger partial charge in [-0.15, -0.1) is 0 Å². The first-order valence-electron chi connectivity index (χ1n) is 5.14. The van der Waals surface area contributed by atoms with Gasteiger partial charge >= 0.3 is 0 Å². The Morgan fingerprint density at radius 2 is 2.36 bits per heavy atom. The molecular formula is C10H19NO3. The zero-order valence-corrected chi connectivity index (χ0v) is 8.90. The van der Waals surface area contributed by atoms with Gasteiger partial charge in [-0.1, -0.05) is 0 Å². The number of rotatable bonds is 3. The van der Waals surface area contributed by atoms with Crippen molar-refractivity contribution in [1.29, 1.82) is 0 Å². The maximum atomic E-state index is 11.8. The molecule has 0 aromatic heterocycles. The molecule has 0 spiro atoms. The minimum atomic E-state index is -0.401. The number of ether oxygens (including phenoxy) is 1. The first kappa shape index (κ1) is 11.5. The molecule has 1 saturated heterocycles. The summed E-state index contributed by atoms with van der Waals surface area (Å²) in [7, 11) is 1.53. The van der Waals surface area contributed by atoms with Gasteiger partial charge in [-0.2, -0.15) is 0 Å². The molecule has 2 atom stereocenters. The number of nitrogens with zero attached hydrogens (tertiary/aromatic N) is 1. The minimum absolute atomic E-state index is 0.00569. The van der Waals surface area contributed by atoms with Gasteiger partial charge in [0.05, 0.1) is 12.6 Å². The van der Waals surface area contributed by atoms with E-state index >= 15 is 0 Å². The Labute approximate surface area is 84.8 Å². The molecule has 82 valence electrons. The number of amides is 1. The zero-order chi connectivity index (χ0) is 10.6. The van der Waals surface area contributed by atoms with E-state index in [1.807, 2.05) is 0 Å². The average molecular weight is 201 g/mol. The predicted molar refractivity (Wildman–Crippen MR) is 52.9 cm³/mol. The molecule has 1 fully saturated rings. The second-order valence-corrected chi connectivity index (χ2v) is 3.74. The van der Waals surface area contributed by atoms with Crippen molar-refractivity contribution in [3.63, 3.8) is 0 Å². The van der Waals surface area contributed by atoms with Crippen LogP contribution in [0.2, 0.25) is 0 Å². The molecule has 0 saturated carbocycles. The van der Waals surface area contributed by atoms with E-state index in [9.17, 15) is 4.79 Å². The number of methoxy groups -OCH3 is 1. The van der Waals surface area contributed by atoms with Crippen molar-refractivity contribution in [2.45, 2.75) is 38.3 Å². The second-order valence-electron chi connectivity index (χ2n) is 3.74. The van der Waals surface area contributed by atoms with Crippen LogP contribution in [0.1, 0.15) is 26.2 Å².